The minimum absolute atomic E-state index is 0.250. The van der Waals surface area contributed by atoms with Crippen LogP contribution in [0, 0.1) is 5.92 Å². The molecule has 0 bridgehead atoms. The fraction of sp³-hybridized carbons (Fsp3) is 0.667. The zero-order chi connectivity index (χ0) is 18.8. The Bertz CT molecular complexity index is 544. The third-order valence-electron chi connectivity index (χ3n) is 5.76. The summed E-state index contributed by atoms with van der Waals surface area (Å²) in [5.41, 5.74) is 4.07. The predicted molar refractivity (Wildman–Crippen MR) is 104 cm³/mol. The molecule has 1 unspecified atom stereocenters. The van der Waals surface area contributed by atoms with Crippen molar-refractivity contribution in [2.75, 3.05) is 32.7 Å². The van der Waals surface area contributed by atoms with Gasteiger partial charge in [-0.25, -0.2) is 0 Å². The molecule has 5 heteroatoms. The van der Waals surface area contributed by atoms with Gasteiger partial charge in [-0.2, -0.15) is 0 Å². The second-order valence-electron chi connectivity index (χ2n) is 7.35. The maximum atomic E-state index is 10.6. The van der Waals surface area contributed by atoms with Crippen molar-refractivity contribution in [3.63, 3.8) is 0 Å². The highest BCUT2D eigenvalue weighted by atomic mass is 16.3. The predicted octanol–water partition coefficient (Wildman–Crippen LogP) is 2.62. The molecule has 0 amide bonds. The maximum absolute atomic E-state index is 10.6. The van der Waals surface area contributed by atoms with Gasteiger partial charge in [-0.3, -0.25) is 4.79 Å². The van der Waals surface area contributed by atoms with Crippen LogP contribution in [-0.2, 0) is 17.6 Å². The molecule has 0 radical (unpaired) electrons. The third kappa shape index (κ3) is 6.38. The van der Waals surface area contributed by atoms with Gasteiger partial charge < -0.3 is 20.4 Å². The summed E-state index contributed by atoms with van der Waals surface area (Å²) in [5, 5.41) is 20.9. The summed E-state index contributed by atoms with van der Waals surface area (Å²) in [6.07, 6.45) is 6.58. The van der Waals surface area contributed by atoms with Crippen molar-refractivity contribution in [2.45, 2.75) is 51.6 Å². The first-order valence-electron chi connectivity index (χ1n) is 9.98. The first-order valence-corrected chi connectivity index (χ1v) is 9.98. The molecule has 0 aliphatic carbocycles. The van der Waals surface area contributed by atoms with Gasteiger partial charge in [0.15, 0.2) is 0 Å². The van der Waals surface area contributed by atoms with Crippen molar-refractivity contribution in [1.82, 2.24) is 10.2 Å². The average Bonchev–Trinajstić information content (AvgIpc) is 2.89. The topological polar surface area (TPSA) is 72.8 Å². The van der Waals surface area contributed by atoms with E-state index in [0.29, 0.717) is 0 Å². The Labute approximate surface area is 157 Å². The fourth-order valence-corrected chi connectivity index (χ4v) is 4.05. The van der Waals surface area contributed by atoms with Gasteiger partial charge in [0.2, 0.25) is 0 Å². The molecule has 5 nitrogen and oxygen atoms in total. The van der Waals surface area contributed by atoms with Crippen LogP contribution in [0.1, 0.15) is 55.4 Å². The number of likely N-dealkylation sites (N-methyl/N-ethyl adjacent to an activating group) is 1. The molecule has 1 fully saturated rings. The molecule has 1 saturated heterocycles. The number of fused-ring (bicyclic) bond motifs is 1. The van der Waals surface area contributed by atoms with Crippen LogP contribution < -0.4 is 5.32 Å². The van der Waals surface area contributed by atoms with Gasteiger partial charge in [-0.15, -0.1) is 0 Å². The van der Waals surface area contributed by atoms with Crippen LogP contribution in [0.15, 0.2) is 18.2 Å². The van der Waals surface area contributed by atoms with Gasteiger partial charge in [0.25, 0.3) is 6.47 Å². The average molecular weight is 363 g/mol. The van der Waals surface area contributed by atoms with Crippen LogP contribution in [0.3, 0.4) is 0 Å². The van der Waals surface area contributed by atoms with Crippen LogP contribution in [0.5, 0.6) is 0 Å². The maximum Gasteiger partial charge on any atom is 0.290 e. The summed E-state index contributed by atoms with van der Waals surface area (Å²) in [6, 6.07) is 6.70. The van der Waals surface area contributed by atoms with Crippen molar-refractivity contribution in [3.05, 3.63) is 34.9 Å². The molecule has 2 aliphatic rings. The van der Waals surface area contributed by atoms with Crippen LogP contribution in [0.4, 0.5) is 0 Å². The zero-order valence-electron chi connectivity index (χ0n) is 16.0. The number of hydrogen-bond donors (Lipinski definition) is 3. The normalized spacial score (nSPS) is 19.6. The Morgan fingerprint density at radius 2 is 1.88 bits per heavy atom. The molecule has 0 aromatic heterocycles. The molecule has 146 valence electrons. The lowest BCUT2D eigenvalue weighted by molar-refractivity contribution is -0.122. The van der Waals surface area contributed by atoms with Crippen molar-refractivity contribution < 1.29 is 15.0 Å². The monoisotopic (exact) mass is 362 g/mol. The van der Waals surface area contributed by atoms with E-state index in [0.717, 1.165) is 63.3 Å². The van der Waals surface area contributed by atoms with E-state index in [9.17, 15) is 5.11 Å². The molecular formula is C21H34N2O3. The highest BCUT2D eigenvalue weighted by Gasteiger charge is 2.18. The van der Waals surface area contributed by atoms with Crippen LogP contribution in [-0.4, -0.2) is 54.3 Å². The van der Waals surface area contributed by atoms with Crippen molar-refractivity contribution in [3.8, 4) is 0 Å². The Hall–Kier alpha value is -1.43. The van der Waals surface area contributed by atoms with Gasteiger partial charge in [0.1, 0.15) is 0 Å². The molecule has 1 aromatic rings. The first-order chi connectivity index (χ1) is 12.7. The number of hydrogen-bond acceptors (Lipinski definition) is 4. The highest BCUT2D eigenvalue weighted by molar-refractivity contribution is 5.34. The third-order valence-corrected chi connectivity index (χ3v) is 5.76. The summed E-state index contributed by atoms with van der Waals surface area (Å²) in [6.45, 7) is 7.74. The lowest BCUT2D eigenvalue weighted by atomic mass is 9.90. The summed E-state index contributed by atoms with van der Waals surface area (Å²) >= 11 is 0. The summed E-state index contributed by atoms with van der Waals surface area (Å²) in [5.74, 6) is 0.796. The standard InChI is InChI=1S/C20H32N2O.CH2O2/c1-2-22-13-9-17-4-5-19(15-18(17)10-14-22)20(23)6-3-16-7-11-21-12-8-16;2-1-3/h4-5,15-16,20-21,23H,2-3,6-14H2,1H3;1H,(H,2,3). The number of aliphatic hydroxyl groups excluding tert-OH is 1. The van der Waals surface area contributed by atoms with Crippen LogP contribution in [0.25, 0.3) is 0 Å². The molecule has 1 atom stereocenters. The lowest BCUT2D eigenvalue weighted by Gasteiger charge is -2.23. The van der Waals surface area contributed by atoms with Gasteiger partial charge in [-0.1, -0.05) is 25.1 Å². The Morgan fingerprint density at radius 3 is 2.54 bits per heavy atom. The van der Waals surface area contributed by atoms with Crippen LogP contribution in [0.2, 0.25) is 0 Å². The van der Waals surface area contributed by atoms with E-state index in [1.807, 2.05) is 0 Å². The Morgan fingerprint density at radius 1 is 1.23 bits per heavy atom. The van der Waals surface area contributed by atoms with E-state index >= 15 is 0 Å². The Kier molecular flexibility index (Phi) is 9.09. The van der Waals surface area contributed by atoms with E-state index in [4.69, 9.17) is 9.90 Å². The van der Waals surface area contributed by atoms with Gasteiger partial charge in [0, 0.05) is 13.1 Å². The Balaban J connectivity index is 0.000000758. The number of carboxylic acid groups (broad SMARTS) is 1. The summed E-state index contributed by atoms with van der Waals surface area (Å²) in [4.78, 5) is 10.9. The smallest absolute Gasteiger partial charge is 0.290 e. The molecule has 2 heterocycles. The molecule has 0 spiro atoms. The minimum Gasteiger partial charge on any atom is -0.483 e. The highest BCUT2D eigenvalue weighted by Crippen LogP contribution is 2.27. The summed E-state index contributed by atoms with van der Waals surface area (Å²) < 4.78 is 0. The summed E-state index contributed by atoms with van der Waals surface area (Å²) in [7, 11) is 0. The number of nitrogens with one attached hydrogen (secondary N) is 1. The zero-order valence-corrected chi connectivity index (χ0v) is 16.0. The quantitative estimate of drug-likeness (QED) is 0.702. The second kappa shape index (κ2) is 11.3. The van der Waals surface area contributed by atoms with Gasteiger partial charge >= 0.3 is 0 Å². The van der Waals surface area contributed by atoms with E-state index in [2.05, 4.69) is 35.3 Å². The number of aliphatic hydroxyl groups is 1. The van der Waals surface area contributed by atoms with E-state index in [1.54, 1.807) is 0 Å². The molecular weight excluding hydrogens is 328 g/mol. The van der Waals surface area contributed by atoms with Gasteiger partial charge in [-0.05, 0) is 80.8 Å². The van der Waals surface area contributed by atoms with E-state index in [-0.39, 0.29) is 12.6 Å². The largest absolute Gasteiger partial charge is 0.483 e. The number of carbonyl (C=O) groups is 1. The minimum atomic E-state index is -0.291. The molecule has 1 aromatic carbocycles. The lowest BCUT2D eigenvalue weighted by Crippen LogP contribution is -2.27. The molecule has 3 rings (SSSR count). The van der Waals surface area contributed by atoms with Crippen molar-refractivity contribution in [1.29, 1.82) is 0 Å². The fourth-order valence-electron chi connectivity index (χ4n) is 4.05. The number of rotatable bonds is 5. The van der Waals surface area contributed by atoms with Crippen molar-refractivity contribution >= 4 is 6.47 Å². The molecule has 2 aliphatic heterocycles. The number of nitrogens with zero attached hydrogens (tertiary/aromatic N) is 1. The van der Waals surface area contributed by atoms with Gasteiger partial charge in [0.05, 0.1) is 6.10 Å². The molecule has 3 N–H and O–H groups in total. The molecule has 26 heavy (non-hydrogen) atoms. The van der Waals surface area contributed by atoms with Crippen molar-refractivity contribution in [2.24, 2.45) is 5.92 Å². The molecule has 0 saturated carbocycles. The SMILES string of the molecule is CCN1CCc2ccc(C(O)CCC3CCNCC3)cc2CC1.O=CO. The second-order valence-corrected chi connectivity index (χ2v) is 7.35. The number of benzene rings is 1. The van der Waals surface area contributed by atoms with E-state index < -0.39 is 0 Å². The number of piperidine rings is 1. The first kappa shape index (κ1) is 20.9. The van der Waals surface area contributed by atoms with Crippen LogP contribution >= 0.6 is 0 Å². The van der Waals surface area contributed by atoms with E-state index in [1.165, 1.54) is 30.5 Å².